The number of hydrogen-bond acceptors (Lipinski definition) is 5. The zero-order valence-corrected chi connectivity index (χ0v) is 18.2. The van der Waals surface area contributed by atoms with Gasteiger partial charge in [0.15, 0.2) is 11.6 Å². The van der Waals surface area contributed by atoms with Crippen LogP contribution in [0.1, 0.15) is 48.3 Å². The predicted octanol–water partition coefficient (Wildman–Crippen LogP) is 5.44. The van der Waals surface area contributed by atoms with Gasteiger partial charge in [-0.25, -0.2) is 4.39 Å². The molecule has 0 unspecified atom stereocenters. The molecule has 1 heterocycles. The zero-order valence-electron chi connectivity index (χ0n) is 18.2. The number of phenolic OH excluding ortho intramolecular Hbond substituents is 1. The maximum Gasteiger partial charge on any atom is 0.573 e. The molecule has 2 aromatic carbocycles. The summed E-state index contributed by atoms with van der Waals surface area (Å²) in [4.78, 5) is 25.8. The maximum absolute atomic E-state index is 15.0. The summed E-state index contributed by atoms with van der Waals surface area (Å²) in [6, 6.07) is 6.64. The first-order valence-electron chi connectivity index (χ1n) is 9.95. The van der Waals surface area contributed by atoms with Crippen LogP contribution in [0.4, 0.5) is 17.6 Å². The second-order valence-corrected chi connectivity index (χ2v) is 7.71. The van der Waals surface area contributed by atoms with Gasteiger partial charge < -0.3 is 14.6 Å². The molecule has 176 valence electrons. The van der Waals surface area contributed by atoms with Crippen molar-refractivity contribution in [3.63, 3.8) is 0 Å². The molecule has 0 saturated heterocycles. The number of alkyl halides is 3. The Balaban J connectivity index is 2.14. The van der Waals surface area contributed by atoms with E-state index in [2.05, 4.69) is 4.74 Å². The van der Waals surface area contributed by atoms with E-state index in [9.17, 15) is 32.3 Å². The van der Waals surface area contributed by atoms with Crippen molar-refractivity contribution >= 4 is 22.8 Å². The minimum atomic E-state index is -4.88. The quantitative estimate of drug-likeness (QED) is 0.400. The van der Waals surface area contributed by atoms with Crippen LogP contribution in [-0.2, 0) is 9.53 Å². The van der Waals surface area contributed by atoms with E-state index in [4.69, 9.17) is 4.74 Å². The van der Waals surface area contributed by atoms with E-state index in [0.29, 0.717) is 0 Å². The third-order valence-electron chi connectivity index (χ3n) is 5.01. The van der Waals surface area contributed by atoms with Crippen LogP contribution in [0, 0.1) is 12.7 Å². The maximum atomic E-state index is 15.0. The molecule has 0 spiro atoms. The number of carbonyl (C=O) groups is 2. The second-order valence-electron chi connectivity index (χ2n) is 7.71. The van der Waals surface area contributed by atoms with Gasteiger partial charge in [-0.1, -0.05) is 0 Å². The van der Waals surface area contributed by atoms with Crippen LogP contribution in [0.3, 0.4) is 0 Å². The normalized spacial score (nSPS) is 12.8. The van der Waals surface area contributed by atoms with Gasteiger partial charge in [-0.15, -0.1) is 13.2 Å². The lowest BCUT2D eigenvalue weighted by atomic mass is 9.97. The number of nitrogens with zero attached hydrogens (tertiary/aromatic N) is 1. The number of ether oxygens (including phenoxy) is 2. The summed E-state index contributed by atoms with van der Waals surface area (Å²) in [5, 5.41) is 9.78. The molecule has 3 aromatic rings. The van der Waals surface area contributed by atoms with Gasteiger partial charge in [-0.2, -0.15) is 0 Å². The molecule has 0 fully saturated rings. The molecule has 0 radical (unpaired) electrons. The molecule has 0 aliphatic carbocycles. The molecule has 1 N–H and O–H groups in total. The van der Waals surface area contributed by atoms with Crippen molar-refractivity contribution in [2.75, 3.05) is 0 Å². The molecule has 0 aliphatic heterocycles. The number of esters is 1. The van der Waals surface area contributed by atoms with Crippen LogP contribution in [0.25, 0.3) is 10.9 Å². The van der Waals surface area contributed by atoms with Crippen molar-refractivity contribution in [2.24, 2.45) is 0 Å². The lowest BCUT2D eigenvalue weighted by Crippen LogP contribution is -2.19. The monoisotopic (exact) mass is 467 g/mol. The van der Waals surface area contributed by atoms with Crippen molar-refractivity contribution in [3.05, 3.63) is 59.0 Å². The Labute approximate surface area is 186 Å². The summed E-state index contributed by atoms with van der Waals surface area (Å²) in [7, 11) is 0. The van der Waals surface area contributed by atoms with E-state index >= 15 is 0 Å². The molecule has 33 heavy (non-hydrogen) atoms. The fourth-order valence-electron chi connectivity index (χ4n) is 3.65. The Bertz CT molecular complexity index is 1210. The number of aromatic nitrogens is 1. The Morgan fingerprint density at radius 2 is 1.64 bits per heavy atom. The lowest BCUT2D eigenvalue weighted by Gasteiger charge is -2.15. The molecule has 1 atom stereocenters. The number of hydrogen-bond donors (Lipinski definition) is 1. The van der Waals surface area contributed by atoms with Crippen molar-refractivity contribution in [1.82, 2.24) is 4.57 Å². The highest BCUT2D eigenvalue weighted by molar-refractivity contribution is 6.05. The van der Waals surface area contributed by atoms with Gasteiger partial charge in [0.1, 0.15) is 5.75 Å². The second kappa shape index (κ2) is 8.76. The summed E-state index contributed by atoms with van der Waals surface area (Å²) >= 11 is 0. The van der Waals surface area contributed by atoms with Gasteiger partial charge in [0.25, 0.3) is 5.91 Å². The Morgan fingerprint density at radius 3 is 2.18 bits per heavy atom. The number of carbonyl (C=O) groups excluding carboxylic acids is 2. The van der Waals surface area contributed by atoms with Crippen LogP contribution in [0.15, 0.2) is 36.4 Å². The molecule has 0 bridgehead atoms. The molecule has 6 nitrogen and oxygen atoms in total. The van der Waals surface area contributed by atoms with Crippen LogP contribution in [0.5, 0.6) is 11.5 Å². The molecular weight excluding hydrogens is 446 g/mol. The van der Waals surface area contributed by atoms with Crippen LogP contribution in [-0.4, -0.2) is 34.0 Å². The summed E-state index contributed by atoms with van der Waals surface area (Å²) in [6.07, 6.45) is -5.31. The Hall–Kier alpha value is -3.56. The first kappa shape index (κ1) is 24.1. The summed E-state index contributed by atoms with van der Waals surface area (Å²) in [6.45, 7) is 6.31. The third kappa shape index (κ3) is 4.79. The predicted molar refractivity (Wildman–Crippen MR) is 111 cm³/mol. The highest BCUT2D eigenvalue weighted by atomic mass is 19.4. The minimum absolute atomic E-state index is 0.00182. The first-order chi connectivity index (χ1) is 15.3. The van der Waals surface area contributed by atoms with E-state index in [1.54, 1.807) is 13.8 Å². The minimum Gasteiger partial charge on any atom is -0.505 e. The molecule has 1 aromatic heterocycles. The van der Waals surface area contributed by atoms with E-state index in [1.165, 1.54) is 19.9 Å². The van der Waals surface area contributed by atoms with Gasteiger partial charge in [0, 0.05) is 16.6 Å². The van der Waals surface area contributed by atoms with E-state index in [1.807, 2.05) is 0 Å². The lowest BCUT2D eigenvalue weighted by molar-refractivity contribution is -0.274. The van der Waals surface area contributed by atoms with Crippen molar-refractivity contribution in [2.45, 2.75) is 46.1 Å². The van der Waals surface area contributed by atoms with E-state index in [0.717, 1.165) is 34.9 Å². The smallest absolute Gasteiger partial charge is 0.505 e. The van der Waals surface area contributed by atoms with Crippen LogP contribution < -0.4 is 4.74 Å². The largest absolute Gasteiger partial charge is 0.573 e. The number of aromatic hydroxyl groups is 1. The fraction of sp³-hybridized carbons (Fsp3) is 0.304. The average molecular weight is 467 g/mol. The van der Waals surface area contributed by atoms with Gasteiger partial charge in [0.05, 0.1) is 17.5 Å². The first-order valence-corrected chi connectivity index (χ1v) is 9.95. The standard InChI is InChI=1S/C23H21F4NO5/c1-11(2)32-22(31)12(3)18-13(4)28(16-9-10-17(29)20(24)19(16)18)21(30)14-5-7-15(8-6-14)33-23(25,26)27/h5-12,29H,1-4H3/t12-/m0/s1. The van der Waals surface area contributed by atoms with Gasteiger partial charge in [-0.05, 0) is 69.7 Å². The van der Waals surface area contributed by atoms with Crippen molar-refractivity contribution < 1.29 is 41.7 Å². The van der Waals surface area contributed by atoms with E-state index in [-0.39, 0.29) is 27.7 Å². The molecule has 0 aliphatic rings. The van der Waals surface area contributed by atoms with Crippen molar-refractivity contribution in [3.8, 4) is 11.5 Å². The fourth-order valence-corrected chi connectivity index (χ4v) is 3.65. The molecule has 0 saturated carbocycles. The SMILES string of the molecule is Cc1c([C@H](C)C(=O)OC(C)C)c2c(F)c(O)ccc2n1C(=O)c1ccc(OC(F)(F)F)cc1. The molecule has 10 heteroatoms. The number of rotatable bonds is 5. The zero-order chi connectivity index (χ0) is 24.7. The average Bonchev–Trinajstić information content (AvgIpc) is 3.01. The Kier molecular flexibility index (Phi) is 6.40. The van der Waals surface area contributed by atoms with Gasteiger partial charge >= 0.3 is 12.3 Å². The molecule has 0 amide bonds. The summed E-state index contributed by atoms with van der Waals surface area (Å²) < 4.78 is 62.3. The highest BCUT2D eigenvalue weighted by Crippen LogP contribution is 2.38. The van der Waals surface area contributed by atoms with Gasteiger partial charge in [-0.3, -0.25) is 14.2 Å². The molecular formula is C23H21F4NO5. The molecule has 3 rings (SSSR count). The van der Waals surface area contributed by atoms with Crippen LogP contribution >= 0.6 is 0 Å². The summed E-state index contributed by atoms with van der Waals surface area (Å²) in [5.41, 5.74) is 0.474. The summed E-state index contributed by atoms with van der Waals surface area (Å²) in [5.74, 6) is -4.45. The number of benzene rings is 2. The Morgan fingerprint density at radius 1 is 1.03 bits per heavy atom. The highest BCUT2D eigenvalue weighted by Gasteiger charge is 2.32. The van der Waals surface area contributed by atoms with Gasteiger partial charge in [0.2, 0.25) is 0 Å². The van der Waals surface area contributed by atoms with Crippen LogP contribution in [0.2, 0.25) is 0 Å². The topological polar surface area (TPSA) is 77.8 Å². The number of phenols is 1. The van der Waals surface area contributed by atoms with Crippen molar-refractivity contribution in [1.29, 1.82) is 0 Å². The number of halogens is 4. The number of fused-ring (bicyclic) bond motifs is 1. The third-order valence-corrected chi connectivity index (χ3v) is 5.01. The van der Waals surface area contributed by atoms with E-state index < -0.39 is 47.6 Å².